The van der Waals surface area contributed by atoms with E-state index in [2.05, 4.69) is 12.2 Å². The van der Waals surface area contributed by atoms with Gasteiger partial charge in [0.05, 0.1) is 25.4 Å². The van der Waals surface area contributed by atoms with Gasteiger partial charge >= 0.3 is 0 Å². The average Bonchev–Trinajstić information content (AvgIpc) is 2.08. The normalized spacial score (nSPS) is 12.0. The molecule has 67 valence electrons. The van der Waals surface area contributed by atoms with Crippen molar-refractivity contribution >= 4 is 0 Å². The summed E-state index contributed by atoms with van der Waals surface area (Å²) in [5, 5.41) is 29.2. The summed E-state index contributed by atoms with van der Waals surface area (Å²) in [5.74, 6) is 0. The van der Waals surface area contributed by atoms with Crippen molar-refractivity contribution in [2.45, 2.75) is 12.0 Å². The predicted molar refractivity (Wildman–Crippen MR) is 42.0 cm³/mol. The molecule has 0 spiro atoms. The number of hydrogen-bond donors (Lipinski definition) is 4. The van der Waals surface area contributed by atoms with Crippen molar-refractivity contribution in [2.24, 2.45) is 0 Å². The van der Waals surface area contributed by atoms with E-state index < -0.39 is 5.54 Å². The highest BCUT2D eigenvalue weighted by atomic mass is 16.3. The number of rotatable bonds is 6. The van der Waals surface area contributed by atoms with E-state index >= 15 is 0 Å². The van der Waals surface area contributed by atoms with Gasteiger partial charge in [0.2, 0.25) is 0 Å². The molecule has 0 aliphatic heterocycles. The molecule has 4 N–H and O–H groups in total. The Hall–Kier alpha value is -0.160. The highest BCUT2D eigenvalue weighted by molar-refractivity contribution is 4.85. The molecule has 0 aliphatic carbocycles. The molecule has 4 heteroatoms. The Labute approximate surface area is 66.9 Å². The zero-order valence-electron chi connectivity index (χ0n) is 6.58. The van der Waals surface area contributed by atoms with Crippen molar-refractivity contribution in [3.63, 3.8) is 0 Å². The first kappa shape index (κ1) is 10.8. The minimum absolute atomic E-state index is 0.278. The van der Waals surface area contributed by atoms with Gasteiger partial charge in [-0.25, -0.2) is 0 Å². The van der Waals surface area contributed by atoms with Gasteiger partial charge in [-0.05, 0) is 13.0 Å². The summed E-state index contributed by atoms with van der Waals surface area (Å²) >= 11 is 0. The highest BCUT2D eigenvalue weighted by Gasteiger charge is 2.26. The van der Waals surface area contributed by atoms with E-state index in [1.807, 2.05) is 0 Å². The highest BCUT2D eigenvalue weighted by Crippen LogP contribution is 2.00. The first-order valence-electron chi connectivity index (χ1n) is 3.61. The van der Waals surface area contributed by atoms with Crippen LogP contribution in [0.5, 0.6) is 0 Å². The lowest BCUT2D eigenvalue weighted by Gasteiger charge is -2.28. The maximum atomic E-state index is 8.80. The molecule has 0 aliphatic rings. The third-order valence-corrected chi connectivity index (χ3v) is 1.58. The van der Waals surface area contributed by atoms with Gasteiger partial charge in [0, 0.05) is 0 Å². The second kappa shape index (κ2) is 5.49. The fourth-order valence-electron chi connectivity index (χ4n) is 0.671. The molecule has 11 heavy (non-hydrogen) atoms. The van der Waals surface area contributed by atoms with Crippen molar-refractivity contribution in [1.29, 1.82) is 0 Å². The topological polar surface area (TPSA) is 72.7 Å². The lowest BCUT2D eigenvalue weighted by Crippen LogP contribution is -2.54. The summed E-state index contributed by atoms with van der Waals surface area (Å²) in [7, 11) is 0. The lowest BCUT2D eigenvalue weighted by molar-refractivity contribution is 0.0432. The van der Waals surface area contributed by atoms with Crippen LogP contribution in [0.2, 0.25) is 0 Å². The van der Waals surface area contributed by atoms with Gasteiger partial charge in [-0.2, -0.15) is 0 Å². The number of aliphatic hydroxyl groups is 3. The van der Waals surface area contributed by atoms with Crippen LogP contribution in [0.1, 0.15) is 6.42 Å². The number of hydrogen-bond acceptors (Lipinski definition) is 4. The smallest absolute Gasteiger partial charge is 0.0881 e. The summed E-state index contributed by atoms with van der Waals surface area (Å²) < 4.78 is 0. The molecule has 0 saturated carbocycles. The summed E-state index contributed by atoms with van der Waals surface area (Å²) in [6.07, 6.45) is 0.655. The van der Waals surface area contributed by atoms with Crippen LogP contribution in [-0.2, 0) is 0 Å². The molecular formula is C7H16NO3. The Bertz CT molecular complexity index is 85.4. The van der Waals surface area contributed by atoms with Crippen LogP contribution in [-0.4, -0.2) is 47.2 Å². The molecule has 0 aromatic heterocycles. The molecule has 0 saturated heterocycles. The zero-order chi connectivity index (χ0) is 8.74. The fourth-order valence-corrected chi connectivity index (χ4v) is 0.671. The van der Waals surface area contributed by atoms with Gasteiger partial charge in [-0.3, -0.25) is 0 Å². The van der Waals surface area contributed by atoms with Crippen LogP contribution < -0.4 is 5.32 Å². The third kappa shape index (κ3) is 3.16. The molecule has 0 unspecified atom stereocenters. The SMILES string of the molecule is [CH2]CCNC(CO)(CO)CO. The van der Waals surface area contributed by atoms with E-state index in [-0.39, 0.29) is 19.8 Å². The lowest BCUT2D eigenvalue weighted by atomic mass is 10.0. The van der Waals surface area contributed by atoms with Gasteiger partial charge in [0.1, 0.15) is 0 Å². The second-order valence-corrected chi connectivity index (χ2v) is 2.54. The van der Waals surface area contributed by atoms with Crippen LogP contribution in [0.3, 0.4) is 0 Å². The fraction of sp³-hybridized carbons (Fsp3) is 0.857. The maximum Gasteiger partial charge on any atom is 0.0881 e. The number of aliphatic hydroxyl groups excluding tert-OH is 3. The second-order valence-electron chi connectivity index (χ2n) is 2.54. The first-order chi connectivity index (χ1) is 5.24. The van der Waals surface area contributed by atoms with E-state index in [9.17, 15) is 0 Å². The van der Waals surface area contributed by atoms with Gasteiger partial charge in [0.15, 0.2) is 0 Å². The maximum absolute atomic E-state index is 8.80. The van der Waals surface area contributed by atoms with Gasteiger partial charge in [-0.15, -0.1) is 0 Å². The van der Waals surface area contributed by atoms with Gasteiger partial charge in [-0.1, -0.05) is 6.92 Å². The van der Waals surface area contributed by atoms with E-state index in [0.29, 0.717) is 13.0 Å². The van der Waals surface area contributed by atoms with Crippen molar-refractivity contribution in [1.82, 2.24) is 5.32 Å². The average molecular weight is 162 g/mol. The van der Waals surface area contributed by atoms with Crippen molar-refractivity contribution < 1.29 is 15.3 Å². The Balaban J connectivity index is 3.84. The van der Waals surface area contributed by atoms with E-state index in [0.717, 1.165) is 0 Å². The molecule has 0 rings (SSSR count). The monoisotopic (exact) mass is 162 g/mol. The van der Waals surface area contributed by atoms with E-state index in [4.69, 9.17) is 15.3 Å². The molecule has 0 amide bonds. The summed E-state index contributed by atoms with van der Waals surface area (Å²) in [6, 6.07) is 0. The number of nitrogens with one attached hydrogen (secondary N) is 1. The Morgan fingerprint density at radius 1 is 1.09 bits per heavy atom. The first-order valence-corrected chi connectivity index (χ1v) is 3.61. The Kier molecular flexibility index (Phi) is 5.41. The molecule has 0 bridgehead atoms. The summed E-state index contributed by atoms with van der Waals surface area (Å²) in [5.41, 5.74) is -0.947. The summed E-state index contributed by atoms with van der Waals surface area (Å²) in [6.45, 7) is 3.32. The van der Waals surface area contributed by atoms with Crippen LogP contribution in [0, 0.1) is 6.92 Å². The largest absolute Gasteiger partial charge is 0.394 e. The molecule has 0 atom stereocenters. The van der Waals surface area contributed by atoms with Gasteiger partial charge < -0.3 is 20.6 Å². The molecule has 1 radical (unpaired) electrons. The molecule has 0 heterocycles. The van der Waals surface area contributed by atoms with E-state index in [1.165, 1.54) is 0 Å². The molecule has 0 fully saturated rings. The Morgan fingerprint density at radius 3 is 1.82 bits per heavy atom. The van der Waals surface area contributed by atoms with E-state index in [1.54, 1.807) is 0 Å². The molecule has 0 aromatic rings. The Morgan fingerprint density at radius 2 is 1.55 bits per heavy atom. The van der Waals surface area contributed by atoms with Crippen molar-refractivity contribution in [3.05, 3.63) is 6.92 Å². The molecule has 4 nitrogen and oxygen atoms in total. The van der Waals surface area contributed by atoms with Crippen LogP contribution >= 0.6 is 0 Å². The van der Waals surface area contributed by atoms with Crippen molar-refractivity contribution in [2.75, 3.05) is 26.4 Å². The summed E-state index contributed by atoms with van der Waals surface area (Å²) in [4.78, 5) is 0. The van der Waals surface area contributed by atoms with Crippen LogP contribution in [0.4, 0.5) is 0 Å². The predicted octanol–water partition coefficient (Wildman–Crippen LogP) is -1.48. The van der Waals surface area contributed by atoms with Gasteiger partial charge in [0.25, 0.3) is 0 Å². The van der Waals surface area contributed by atoms with Crippen molar-refractivity contribution in [3.8, 4) is 0 Å². The third-order valence-electron chi connectivity index (χ3n) is 1.58. The molecule has 0 aromatic carbocycles. The standard InChI is InChI=1S/C7H16NO3/c1-2-3-8-7(4-9,5-10)6-11/h8-11H,1-6H2. The minimum Gasteiger partial charge on any atom is -0.394 e. The zero-order valence-corrected chi connectivity index (χ0v) is 6.58. The quantitative estimate of drug-likeness (QED) is 0.384. The van der Waals surface area contributed by atoms with Crippen LogP contribution in [0.15, 0.2) is 0 Å². The minimum atomic E-state index is -0.947. The van der Waals surface area contributed by atoms with Crippen LogP contribution in [0.25, 0.3) is 0 Å². The molecular weight excluding hydrogens is 146 g/mol.